The molecule has 0 radical (unpaired) electrons. The van der Waals surface area contributed by atoms with Crippen LogP contribution in [0.3, 0.4) is 0 Å². The molecule has 0 atom stereocenters. The van der Waals surface area contributed by atoms with E-state index in [0.717, 1.165) is 5.56 Å². The molecule has 6 heteroatoms. The summed E-state index contributed by atoms with van der Waals surface area (Å²) in [4.78, 5) is 4.03. The number of aromatic amines is 1. The normalized spacial score (nSPS) is 10.9. The Kier molecular flexibility index (Phi) is 1.35. The van der Waals surface area contributed by atoms with Crippen molar-refractivity contribution in [3.8, 4) is 11.4 Å². The van der Waals surface area contributed by atoms with E-state index in [1.54, 1.807) is 6.07 Å². The van der Waals surface area contributed by atoms with E-state index in [1.165, 1.54) is 6.33 Å². The van der Waals surface area contributed by atoms with Crippen molar-refractivity contribution >= 4 is 11.1 Å². The standard InChI is InChI=1S/C8H5N5O/c1-2-7-6(11-13-14-7)3-5(1)8-9-4-10-12-8/h1-4H,(H,9,10,12). The molecule has 68 valence electrons. The quantitative estimate of drug-likeness (QED) is 0.614. The number of nitrogens with zero attached hydrogens (tertiary/aromatic N) is 4. The number of hydrogen-bond donors (Lipinski definition) is 1. The van der Waals surface area contributed by atoms with Crippen LogP contribution in [0.4, 0.5) is 0 Å². The van der Waals surface area contributed by atoms with E-state index in [-0.39, 0.29) is 0 Å². The van der Waals surface area contributed by atoms with Crippen LogP contribution < -0.4 is 0 Å². The number of hydrogen-bond acceptors (Lipinski definition) is 5. The largest absolute Gasteiger partial charge is 0.337 e. The van der Waals surface area contributed by atoms with E-state index in [4.69, 9.17) is 4.52 Å². The van der Waals surface area contributed by atoms with E-state index in [9.17, 15) is 0 Å². The van der Waals surface area contributed by atoms with Crippen LogP contribution in [0, 0.1) is 0 Å². The summed E-state index contributed by atoms with van der Waals surface area (Å²) in [5, 5.41) is 13.8. The van der Waals surface area contributed by atoms with Crippen molar-refractivity contribution < 1.29 is 4.52 Å². The molecule has 0 spiro atoms. The predicted molar refractivity (Wildman–Crippen MR) is 47.2 cm³/mol. The van der Waals surface area contributed by atoms with Crippen LogP contribution in [0.15, 0.2) is 29.0 Å². The van der Waals surface area contributed by atoms with Crippen molar-refractivity contribution in [2.45, 2.75) is 0 Å². The molecule has 1 N–H and O–H groups in total. The van der Waals surface area contributed by atoms with Gasteiger partial charge in [0.1, 0.15) is 11.8 Å². The van der Waals surface area contributed by atoms with Crippen LogP contribution in [-0.2, 0) is 0 Å². The zero-order chi connectivity index (χ0) is 9.38. The third kappa shape index (κ3) is 0.972. The molecule has 0 bridgehead atoms. The topological polar surface area (TPSA) is 80.5 Å². The number of aromatic nitrogens is 5. The van der Waals surface area contributed by atoms with Crippen LogP contribution in [0.1, 0.15) is 0 Å². The van der Waals surface area contributed by atoms with Gasteiger partial charge in [-0.05, 0) is 18.2 Å². The summed E-state index contributed by atoms with van der Waals surface area (Å²) in [5.41, 5.74) is 2.28. The summed E-state index contributed by atoms with van der Waals surface area (Å²) in [5.74, 6) is 0.704. The van der Waals surface area contributed by atoms with Gasteiger partial charge in [0, 0.05) is 10.8 Å². The highest BCUT2D eigenvalue weighted by atomic mass is 16.5. The van der Waals surface area contributed by atoms with Gasteiger partial charge in [-0.1, -0.05) is 0 Å². The maximum Gasteiger partial charge on any atom is 0.187 e. The second-order valence-corrected chi connectivity index (χ2v) is 2.79. The lowest BCUT2D eigenvalue weighted by Crippen LogP contribution is -1.80. The lowest BCUT2D eigenvalue weighted by molar-refractivity contribution is 0.424. The predicted octanol–water partition coefficient (Wildman–Crippen LogP) is 1.01. The Balaban J connectivity index is 2.23. The highest BCUT2D eigenvalue weighted by Gasteiger charge is 2.04. The molecule has 0 aliphatic heterocycles. The van der Waals surface area contributed by atoms with Gasteiger partial charge in [0.2, 0.25) is 0 Å². The maximum absolute atomic E-state index is 4.88. The van der Waals surface area contributed by atoms with Gasteiger partial charge in [-0.3, -0.25) is 5.10 Å². The number of fused-ring (bicyclic) bond motifs is 1. The Labute approximate surface area is 77.9 Å². The molecule has 0 aliphatic rings. The van der Waals surface area contributed by atoms with Crippen LogP contribution in [0.25, 0.3) is 22.5 Å². The molecule has 0 saturated heterocycles. The van der Waals surface area contributed by atoms with Crippen LogP contribution in [-0.4, -0.2) is 25.6 Å². The first-order valence-corrected chi connectivity index (χ1v) is 4.01. The smallest absolute Gasteiger partial charge is 0.187 e. The van der Waals surface area contributed by atoms with Crippen molar-refractivity contribution in [3.63, 3.8) is 0 Å². The lowest BCUT2D eigenvalue weighted by atomic mass is 10.2. The number of rotatable bonds is 1. The molecular formula is C8H5N5O. The molecule has 6 nitrogen and oxygen atoms in total. The molecule has 0 amide bonds. The van der Waals surface area contributed by atoms with Gasteiger partial charge in [-0.25, -0.2) is 4.98 Å². The minimum Gasteiger partial charge on any atom is -0.337 e. The fourth-order valence-electron chi connectivity index (χ4n) is 1.27. The first-order valence-electron chi connectivity index (χ1n) is 4.01. The van der Waals surface area contributed by atoms with E-state index in [2.05, 4.69) is 25.6 Å². The summed E-state index contributed by atoms with van der Waals surface area (Å²) in [7, 11) is 0. The Morgan fingerprint density at radius 3 is 3.14 bits per heavy atom. The van der Waals surface area contributed by atoms with Crippen molar-refractivity contribution in [2.24, 2.45) is 0 Å². The van der Waals surface area contributed by atoms with Crippen molar-refractivity contribution in [1.82, 2.24) is 25.6 Å². The van der Waals surface area contributed by atoms with Gasteiger partial charge in [0.05, 0.1) is 0 Å². The monoisotopic (exact) mass is 187 g/mol. The Bertz CT molecular complexity index is 556. The zero-order valence-electron chi connectivity index (χ0n) is 7.01. The van der Waals surface area contributed by atoms with Gasteiger partial charge in [-0.2, -0.15) is 5.10 Å². The van der Waals surface area contributed by atoms with Crippen LogP contribution in [0.5, 0.6) is 0 Å². The van der Waals surface area contributed by atoms with E-state index in [1.807, 2.05) is 12.1 Å². The van der Waals surface area contributed by atoms with E-state index < -0.39 is 0 Å². The zero-order valence-corrected chi connectivity index (χ0v) is 7.01. The van der Waals surface area contributed by atoms with Crippen molar-refractivity contribution in [2.75, 3.05) is 0 Å². The minimum absolute atomic E-state index is 0.660. The Morgan fingerprint density at radius 1 is 1.29 bits per heavy atom. The summed E-state index contributed by atoms with van der Waals surface area (Å²) in [6.07, 6.45) is 1.46. The SMILES string of the molecule is c1n[nH]c(-c2ccc3onnc3c2)n1. The Morgan fingerprint density at radius 2 is 2.29 bits per heavy atom. The van der Waals surface area contributed by atoms with Crippen molar-refractivity contribution in [1.29, 1.82) is 0 Å². The summed E-state index contributed by atoms with van der Waals surface area (Å²) < 4.78 is 4.88. The first-order chi connectivity index (χ1) is 6.93. The molecule has 14 heavy (non-hydrogen) atoms. The first kappa shape index (κ1) is 7.19. The molecule has 1 aromatic carbocycles. The highest BCUT2D eigenvalue weighted by molar-refractivity contribution is 5.77. The summed E-state index contributed by atoms with van der Waals surface area (Å²) >= 11 is 0. The molecule has 3 rings (SSSR count). The van der Waals surface area contributed by atoms with Gasteiger partial charge >= 0.3 is 0 Å². The second-order valence-electron chi connectivity index (χ2n) is 2.79. The van der Waals surface area contributed by atoms with Crippen LogP contribution in [0.2, 0.25) is 0 Å². The molecule has 3 aromatic rings. The lowest BCUT2D eigenvalue weighted by Gasteiger charge is -1.93. The molecule has 0 unspecified atom stereocenters. The van der Waals surface area contributed by atoms with Gasteiger partial charge < -0.3 is 4.52 Å². The number of benzene rings is 1. The third-order valence-corrected chi connectivity index (χ3v) is 1.94. The molecule has 0 saturated carbocycles. The fourth-order valence-corrected chi connectivity index (χ4v) is 1.27. The third-order valence-electron chi connectivity index (χ3n) is 1.94. The minimum atomic E-state index is 0.660. The van der Waals surface area contributed by atoms with E-state index in [0.29, 0.717) is 16.9 Å². The van der Waals surface area contributed by atoms with E-state index >= 15 is 0 Å². The van der Waals surface area contributed by atoms with Crippen molar-refractivity contribution in [3.05, 3.63) is 24.5 Å². The fraction of sp³-hybridized carbons (Fsp3) is 0. The highest BCUT2D eigenvalue weighted by Crippen LogP contribution is 2.19. The second kappa shape index (κ2) is 2.63. The molecule has 0 fully saturated rings. The maximum atomic E-state index is 4.88. The number of nitrogens with one attached hydrogen (secondary N) is 1. The average molecular weight is 187 g/mol. The van der Waals surface area contributed by atoms with Gasteiger partial charge in [0.25, 0.3) is 0 Å². The molecule has 2 aromatic heterocycles. The number of H-pyrrole nitrogens is 1. The van der Waals surface area contributed by atoms with Gasteiger partial charge in [0.15, 0.2) is 11.4 Å². The average Bonchev–Trinajstić information content (AvgIpc) is 2.88. The summed E-state index contributed by atoms with van der Waals surface area (Å²) in [6, 6.07) is 5.51. The molecule has 0 aliphatic carbocycles. The molecule has 2 heterocycles. The van der Waals surface area contributed by atoms with Gasteiger partial charge in [-0.15, -0.1) is 5.10 Å². The summed E-state index contributed by atoms with van der Waals surface area (Å²) in [6.45, 7) is 0. The van der Waals surface area contributed by atoms with Crippen LogP contribution >= 0.6 is 0 Å². The Hall–Kier alpha value is -2.24. The molecular weight excluding hydrogens is 182 g/mol.